The first-order valence-corrected chi connectivity index (χ1v) is 5.49. The largest absolute Gasteiger partial charge is 0.417 e. The Morgan fingerprint density at radius 1 is 1.35 bits per heavy atom. The minimum atomic E-state index is -4.43. The van der Waals surface area contributed by atoms with Crippen molar-refractivity contribution >= 4 is 30.7 Å². The summed E-state index contributed by atoms with van der Waals surface area (Å²) < 4.78 is 36.8. The molecule has 0 radical (unpaired) electrons. The molecule has 0 saturated carbocycles. The van der Waals surface area contributed by atoms with Crippen LogP contribution in [0.5, 0.6) is 0 Å². The highest BCUT2D eigenvalue weighted by atomic mass is 35.5. The highest BCUT2D eigenvalue weighted by molar-refractivity contribution is 5.92. The van der Waals surface area contributed by atoms with E-state index < -0.39 is 17.6 Å². The topological polar surface area (TPSA) is 54.0 Å². The molecule has 1 amide bonds. The lowest BCUT2D eigenvalue weighted by Gasteiger charge is -2.26. The van der Waals surface area contributed by atoms with Gasteiger partial charge in [0.15, 0.2) is 0 Å². The molecule has 1 aliphatic heterocycles. The Bertz CT molecular complexity index is 436. The van der Waals surface area contributed by atoms with Gasteiger partial charge in [0.1, 0.15) is 5.69 Å². The lowest BCUT2D eigenvalue weighted by molar-refractivity contribution is -0.137. The number of halogens is 5. The van der Waals surface area contributed by atoms with Crippen molar-refractivity contribution in [2.45, 2.75) is 6.18 Å². The average molecular weight is 332 g/mol. The second-order valence-corrected chi connectivity index (χ2v) is 4.16. The van der Waals surface area contributed by atoms with Crippen LogP contribution in [0.4, 0.5) is 13.2 Å². The number of hydrogen-bond donors (Lipinski definition) is 2. The maximum absolute atomic E-state index is 12.3. The molecule has 9 heteroatoms. The number of carbonyl (C=O) groups is 1. The van der Waals surface area contributed by atoms with Crippen molar-refractivity contribution in [1.82, 2.24) is 15.6 Å². The van der Waals surface area contributed by atoms with Crippen LogP contribution in [0.15, 0.2) is 18.3 Å². The van der Waals surface area contributed by atoms with Gasteiger partial charge in [0, 0.05) is 31.7 Å². The molecule has 114 valence electrons. The Labute approximate surface area is 126 Å². The summed E-state index contributed by atoms with van der Waals surface area (Å²) >= 11 is 0. The van der Waals surface area contributed by atoms with Crippen molar-refractivity contribution in [1.29, 1.82) is 0 Å². The van der Waals surface area contributed by atoms with E-state index in [2.05, 4.69) is 15.6 Å². The first-order chi connectivity index (χ1) is 8.47. The molecule has 2 N–H and O–H groups in total. The smallest absolute Gasteiger partial charge is 0.350 e. The van der Waals surface area contributed by atoms with Crippen LogP contribution < -0.4 is 10.6 Å². The van der Waals surface area contributed by atoms with Crippen LogP contribution in [-0.2, 0) is 6.18 Å². The van der Waals surface area contributed by atoms with Gasteiger partial charge < -0.3 is 10.6 Å². The van der Waals surface area contributed by atoms with E-state index in [0.29, 0.717) is 18.7 Å². The minimum Gasteiger partial charge on any atom is -0.350 e. The van der Waals surface area contributed by atoms with Gasteiger partial charge in [0.25, 0.3) is 5.91 Å². The Kier molecular flexibility index (Phi) is 7.26. The number of hydrogen-bond acceptors (Lipinski definition) is 3. The zero-order valence-corrected chi connectivity index (χ0v) is 11.9. The third-order valence-electron chi connectivity index (χ3n) is 2.74. The van der Waals surface area contributed by atoms with Gasteiger partial charge in [-0.25, -0.2) is 0 Å². The lowest BCUT2D eigenvalue weighted by atomic mass is 10.0. The van der Waals surface area contributed by atoms with Crippen LogP contribution >= 0.6 is 24.8 Å². The van der Waals surface area contributed by atoms with E-state index in [0.717, 1.165) is 25.2 Å². The maximum Gasteiger partial charge on any atom is 0.417 e. The normalized spacial score (nSPS) is 14.6. The molecule has 1 aromatic rings. The predicted molar refractivity (Wildman–Crippen MR) is 72.4 cm³/mol. The van der Waals surface area contributed by atoms with E-state index in [4.69, 9.17) is 0 Å². The zero-order valence-electron chi connectivity index (χ0n) is 10.2. The van der Waals surface area contributed by atoms with Crippen molar-refractivity contribution in [3.63, 3.8) is 0 Å². The Balaban J connectivity index is 0.00000180. The summed E-state index contributed by atoms with van der Waals surface area (Å²) in [6.07, 6.45) is -3.76. The highest BCUT2D eigenvalue weighted by Crippen LogP contribution is 2.28. The maximum atomic E-state index is 12.3. The lowest BCUT2D eigenvalue weighted by Crippen LogP contribution is -2.48. The fraction of sp³-hybridized carbons (Fsp3) is 0.455. The minimum absolute atomic E-state index is 0. The molecular weight excluding hydrogens is 318 g/mol. The van der Waals surface area contributed by atoms with Gasteiger partial charge >= 0.3 is 6.18 Å². The number of aromatic nitrogens is 1. The van der Waals surface area contributed by atoms with Crippen LogP contribution in [-0.4, -0.2) is 30.5 Å². The van der Waals surface area contributed by atoms with E-state index in [1.807, 2.05) is 0 Å². The van der Waals surface area contributed by atoms with Crippen molar-refractivity contribution in [3.05, 3.63) is 29.6 Å². The molecular formula is C11H14Cl2F3N3O. The van der Waals surface area contributed by atoms with Gasteiger partial charge in [-0.2, -0.15) is 13.2 Å². The van der Waals surface area contributed by atoms with E-state index in [-0.39, 0.29) is 30.5 Å². The number of alkyl halides is 3. The molecule has 4 nitrogen and oxygen atoms in total. The molecule has 0 unspecified atom stereocenters. The SMILES string of the molecule is Cl.Cl.O=C(NCC1CNC1)c1ccc(C(F)(F)F)cn1. The third kappa shape index (κ3) is 4.81. The second kappa shape index (κ2) is 7.66. The monoisotopic (exact) mass is 331 g/mol. The number of carbonyl (C=O) groups excluding carboxylic acids is 1. The molecule has 0 atom stereocenters. The van der Waals surface area contributed by atoms with Crippen LogP contribution in [0, 0.1) is 5.92 Å². The fourth-order valence-electron chi connectivity index (χ4n) is 1.52. The standard InChI is InChI=1S/C11H12F3N3O.2ClH/c12-11(13,14)8-1-2-9(16-6-8)10(18)17-5-7-3-15-4-7;;/h1-2,6-7,15H,3-5H2,(H,17,18);2*1H. The number of nitrogens with one attached hydrogen (secondary N) is 2. The summed E-state index contributed by atoms with van der Waals surface area (Å²) in [5.74, 6) is -0.0565. The summed E-state index contributed by atoms with van der Waals surface area (Å²) in [6, 6.07) is 1.93. The molecule has 0 bridgehead atoms. The zero-order chi connectivity index (χ0) is 13.2. The van der Waals surface area contributed by atoms with Gasteiger partial charge in [-0.1, -0.05) is 0 Å². The third-order valence-corrected chi connectivity index (χ3v) is 2.74. The molecule has 0 aromatic carbocycles. The summed E-state index contributed by atoms with van der Waals surface area (Å²) in [5.41, 5.74) is -0.863. The van der Waals surface area contributed by atoms with Gasteiger partial charge in [0.2, 0.25) is 0 Å². The summed E-state index contributed by atoms with van der Waals surface area (Å²) in [6.45, 7) is 2.20. The number of pyridine rings is 1. The molecule has 2 heterocycles. The second-order valence-electron chi connectivity index (χ2n) is 4.16. The van der Waals surface area contributed by atoms with Gasteiger partial charge in [-0.3, -0.25) is 9.78 Å². The van der Waals surface area contributed by atoms with Gasteiger partial charge in [-0.15, -0.1) is 24.8 Å². The first kappa shape index (κ1) is 18.9. The highest BCUT2D eigenvalue weighted by Gasteiger charge is 2.31. The van der Waals surface area contributed by atoms with Crippen LogP contribution in [0.25, 0.3) is 0 Å². The number of nitrogens with zero attached hydrogens (tertiary/aromatic N) is 1. The molecule has 0 aliphatic carbocycles. The molecule has 0 spiro atoms. The van der Waals surface area contributed by atoms with Gasteiger partial charge in [0.05, 0.1) is 5.56 Å². The molecule has 1 saturated heterocycles. The van der Waals surface area contributed by atoms with Crippen LogP contribution in [0.2, 0.25) is 0 Å². The first-order valence-electron chi connectivity index (χ1n) is 5.49. The Morgan fingerprint density at radius 3 is 2.40 bits per heavy atom. The van der Waals surface area contributed by atoms with Crippen molar-refractivity contribution in [3.8, 4) is 0 Å². The molecule has 1 aliphatic rings. The quantitative estimate of drug-likeness (QED) is 0.889. The molecule has 20 heavy (non-hydrogen) atoms. The van der Waals surface area contributed by atoms with E-state index in [1.165, 1.54) is 0 Å². The van der Waals surface area contributed by atoms with Gasteiger partial charge in [-0.05, 0) is 12.1 Å². The van der Waals surface area contributed by atoms with E-state index in [1.54, 1.807) is 0 Å². The molecule has 1 aromatic heterocycles. The summed E-state index contributed by atoms with van der Waals surface area (Å²) in [4.78, 5) is 15.1. The van der Waals surface area contributed by atoms with Crippen molar-refractivity contribution < 1.29 is 18.0 Å². The molecule has 2 rings (SSSR count). The molecule has 1 fully saturated rings. The average Bonchev–Trinajstić information content (AvgIpc) is 2.26. The van der Waals surface area contributed by atoms with Crippen LogP contribution in [0.1, 0.15) is 16.1 Å². The fourth-order valence-corrected chi connectivity index (χ4v) is 1.52. The van der Waals surface area contributed by atoms with Crippen molar-refractivity contribution in [2.24, 2.45) is 5.92 Å². The number of rotatable bonds is 3. The van der Waals surface area contributed by atoms with E-state index in [9.17, 15) is 18.0 Å². The van der Waals surface area contributed by atoms with E-state index >= 15 is 0 Å². The number of amides is 1. The van der Waals surface area contributed by atoms with Crippen LogP contribution in [0.3, 0.4) is 0 Å². The Hall–Kier alpha value is -1.05. The summed E-state index contributed by atoms with van der Waals surface area (Å²) in [7, 11) is 0. The summed E-state index contributed by atoms with van der Waals surface area (Å²) in [5, 5.41) is 5.69. The predicted octanol–water partition coefficient (Wildman–Crippen LogP) is 1.89. The van der Waals surface area contributed by atoms with Crippen molar-refractivity contribution in [2.75, 3.05) is 19.6 Å². The Morgan fingerprint density at radius 2 is 2.00 bits per heavy atom.